The first-order valence-corrected chi connectivity index (χ1v) is 8.86. The van der Waals surface area contributed by atoms with Crippen LogP contribution in [0.15, 0.2) is 48.5 Å². The first-order chi connectivity index (χ1) is 13.0. The Labute approximate surface area is 156 Å². The highest BCUT2D eigenvalue weighted by Gasteiger charge is 2.28. The average Bonchev–Trinajstić information content (AvgIpc) is 3.46. The Morgan fingerprint density at radius 2 is 1.78 bits per heavy atom. The largest absolute Gasteiger partial charge is 0.352 e. The van der Waals surface area contributed by atoms with Crippen LogP contribution in [0, 0.1) is 11.6 Å². The summed E-state index contributed by atoms with van der Waals surface area (Å²) < 4.78 is 26.5. The fourth-order valence-electron chi connectivity index (χ4n) is 2.68. The summed E-state index contributed by atoms with van der Waals surface area (Å²) in [5.41, 5.74) is 0.606. The highest BCUT2D eigenvalue weighted by molar-refractivity contribution is 5.94. The average molecular weight is 373 g/mol. The molecule has 1 aliphatic rings. The predicted molar refractivity (Wildman–Crippen MR) is 97.0 cm³/mol. The van der Waals surface area contributed by atoms with Crippen LogP contribution in [-0.2, 0) is 4.79 Å². The maximum Gasteiger partial charge on any atom is 0.254 e. The van der Waals surface area contributed by atoms with Crippen LogP contribution in [0.3, 0.4) is 0 Å². The summed E-state index contributed by atoms with van der Waals surface area (Å²) in [5.74, 6) is -2.39. The van der Waals surface area contributed by atoms with Gasteiger partial charge in [-0.25, -0.2) is 8.78 Å². The van der Waals surface area contributed by atoms with Gasteiger partial charge < -0.3 is 16.0 Å². The molecule has 27 heavy (non-hydrogen) atoms. The molecule has 0 aliphatic heterocycles. The zero-order valence-electron chi connectivity index (χ0n) is 14.7. The van der Waals surface area contributed by atoms with Crippen molar-refractivity contribution in [1.29, 1.82) is 0 Å². The number of amides is 2. The van der Waals surface area contributed by atoms with Crippen LogP contribution in [0.1, 0.15) is 34.8 Å². The molecule has 0 heterocycles. The molecule has 0 radical (unpaired) electrons. The summed E-state index contributed by atoms with van der Waals surface area (Å²) >= 11 is 0. The maximum atomic E-state index is 13.6. The van der Waals surface area contributed by atoms with Crippen molar-refractivity contribution in [2.45, 2.75) is 24.9 Å². The lowest BCUT2D eigenvalue weighted by Crippen LogP contribution is -2.41. The van der Waals surface area contributed by atoms with E-state index in [9.17, 15) is 18.4 Å². The van der Waals surface area contributed by atoms with E-state index in [4.69, 9.17) is 0 Å². The summed E-state index contributed by atoms with van der Waals surface area (Å²) in [6.45, 7) is 0.502. The summed E-state index contributed by atoms with van der Waals surface area (Å²) in [4.78, 5) is 24.5. The minimum absolute atomic E-state index is 0.111. The standard InChI is InChI=1S/C20H21F2N3O2/c21-14-6-9-16(17(22)12-14)19(26)24-11-10-23-18(13-4-2-1-3-5-13)20(27)25-15-7-8-15/h1-6,9,12,15,18,23H,7-8,10-11H2,(H,24,26)(H,25,27)/t18-/m0/s1. The predicted octanol–water partition coefficient (Wildman–Crippen LogP) is 2.30. The topological polar surface area (TPSA) is 70.2 Å². The van der Waals surface area contributed by atoms with E-state index in [0.717, 1.165) is 30.5 Å². The first-order valence-electron chi connectivity index (χ1n) is 8.86. The van der Waals surface area contributed by atoms with Crippen molar-refractivity contribution in [3.63, 3.8) is 0 Å². The molecule has 1 aliphatic carbocycles. The van der Waals surface area contributed by atoms with Crippen molar-refractivity contribution in [3.05, 3.63) is 71.3 Å². The van der Waals surface area contributed by atoms with E-state index >= 15 is 0 Å². The van der Waals surface area contributed by atoms with Crippen LogP contribution >= 0.6 is 0 Å². The Morgan fingerprint density at radius 1 is 1.04 bits per heavy atom. The number of halogens is 2. The minimum Gasteiger partial charge on any atom is -0.352 e. The van der Waals surface area contributed by atoms with Gasteiger partial charge in [0.05, 0.1) is 5.56 Å². The number of carbonyl (C=O) groups is 2. The van der Waals surface area contributed by atoms with Crippen LogP contribution in [-0.4, -0.2) is 30.9 Å². The molecule has 0 spiro atoms. The maximum absolute atomic E-state index is 13.6. The second-order valence-corrected chi connectivity index (χ2v) is 6.46. The smallest absolute Gasteiger partial charge is 0.254 e. The molecule has 1 fully saturated rings. The van der Waals surface area contributed by atoms with Gasteiger partial charge in [0.15, 0.2) is 0 Å². The molecule has 7 heteroatoms. The van der Waals surface area contributed by atoms with Gasteiger partial charge in [0.2, 0.25) is 5.91 Å². The minimum atomic E-state index is -0.911. The van der Waals surface area contributed by atoms with E-state index in [1.807, 2.05) is 30.3 Å². The van der Waals surface area contributed by atoms with E-state index in [1.54, 1.807) is 0 Å². The van der Waals surface area contributed by atoms with Crippen molar-refractivity contribution in [3.8, 4) is 0 Å². The van der Waals surface area contributed by atoms with E-state index in [-0.39, 0.29) is 24.1 Å². The number of nitrogens with one attached hydrogen (secondary N) is 3. The van der Waals surface area contributed by atoms with Crippen LogP contribution < -0.4 is 16.0 Å². The lowest BCUT2D eigenvalue weighted by atomic mass is 10.1. The second kappa shape index (κ2) is 8.73. The number of rotatable bonds is 8. The second-order valence-electron chi connectivity index (χ2n) is 6.46. The van der Waals surface area contributed by atoms with Gasteiger partial charge in [-0.05, 0) is 30.5 Å². The first kappa shape index (κ1) is 19.0. The summed E-state index contributed by atoms with van der Waals surface area (Å²) in [6.07, 6.45) is 1.99. The Balaban J connectivity index is 1.54. The molecule has 0 bridgehead atoms. The molecule has 2 aromatic rings. The van der Waals surface area contributed by atoms with Crippen molar-refractivity contribution < 1.29 is 18.4 Å². The van der Waals surface area contributed by atoms with Crippen molar-refractivity contribution >= 4 is 11.8 Å². The Morgan fingerprint density at radius 3 is 2.44 bits per heavy atom. The highest BCUT2D eigenvalue weighted by Crippen LogP contribution is 2.21. The third-order valence-corrected chi connectivity index (χ3v) is 4.25. The number of hydrogen-bond donors (Lipinski definition) is 3. The molecule has 2 aromatic carbocycles. The molecule has 0 saturated heterocycles. The fraction of sp³-hybridized carbons (Fsp3) is 0.300. The molecule has 0 aromatic heterocycles. The normalized spacial score (nSPS) is 14.4. The van der Waals surface area contributed by atoms with Gasteiger partial charge >= 0.3 is 0 Å². The lowest BCUT2D eigenvalue weighted by Gasteiger charge is -2.19. The van der Waals surface area contributed by atoms with Crippen LogP contribution in [0.2, 0.25) is 0 Å². The molecule has 3 rings (SSSR count). The molecule has 3 N–H and O–H groups in total. The van der Waals surface area contributed by atoms with E-state index in [1.165, 1.54) is 0 Å². The molecule has 1 saturated carbocycles. The highest BCUT2D eigenvalue weighted by atomic mass is 19.1. The number of hydrogen-bond acceptors (Lipinski definition) is 3. The van der Waals surface area contributed by atoms with Gasteiger partial charge in [-0.1, -0.05) is 30.3 Å². The molecule has 1 atom stereocenters. The zero-order chi connectivity index (χ0) is 19.2. The third-order valence-electron chi connectivity index (χ3n) is 4.25. The van der Waals surface area contributed by atoms with Gasteiger partial charge in [0, 0.05) is 25.2 Å². The van der Waals surface area contributed by atoms with Crippen molar-refractivity contribution in [2.75, 3.05) is 13.1 Å². The fourth-order valence-corrected chi connectivity index (χ4v) is 2.68. The SMILES string of the molecule is O=C(NCCN[C@H](C(=O)NC1CC1)c1ccccc1)c1ccc(F)cc1F. The van der Waals surface area contributed by atoms with Gasteiger partial charge in [-0.2, -0.15) is 0 Å². The van der Waals surface area contributed by atoms with E-state index < -0.39 is 23.6 Å². The zero-order valence-corrected chi connectivity index (χ0v) is 14.7. The Hall–Kier alpha value is -2.80. The molecule has 5 nitrogen and oxygen atoms in total. The lowest BCUT2D eigenvalue weighted by molar-refractivity contribution is -0.123. The molecule has 142 valence electrons. The van der Waals surface area contributed by atoms with Crippen molar-refractivity contribution in [1.82, 2.24) is 16.0 Å². The third kappa shape index (κ3) is 5.34. The van der Waals surface area contributed by atoms with Crippen molar-refractivity contribution in [2.24, 2.45) is 0 Å². The van der Waals surface area contributed by atoms with Crippen LogP contribution in [0.25, 0.3) is 0 Å². The molecular weight excluding hydrogens is 352 g/mol. The number of benzene rings is 2. The summed E-state index contributed by atoms with van der Waals surface area (Å²) in [6, 6.07) is 11.8. The monoisotopic (exact) mass is 373 g/mol. The Bertz CT molecular complexity index is 810. The van der Waals surface area contributed by atoms with Crippen LogP contribution in [0.4, 0.5) is 8.78 Å². The van der Waals surface area contributed by atoms with Crippen LogP contribution in [0.5, 0.6) is 0 Å². The van der Waals surface area contributed by atoms with Gasteiger partial charge in [0.25, 0.3) is 5.91 Å². The quantitative estimate of drug-likeness (QED) is 0.622. The summed E-state index contributed by atoms with van der Waals surface area (Å²) in [5, 5.41) is 8.65. The Kier molecular flexibility index (Phi) is 6.13. The number of carbonyl (C=O) groups excluding carboxylic acids is 2. The molecular formula is C20H21F2N3O2. The van der Waals surface area contributed by atoms with E-state index in [2.05, 4.69) is 16.0 Å². The van der Waals surface area contributed by atoms with Gasteiger partial charge in [-0.15, -0.1) is 0 Å². The molecule has 2 amide bonds. The van der Waals surface area contributed by atoms with Gasteiger partial charge in [-0.3, -0.25) is 9.59 Å². The van der Waals surface area contributed by atoms with E-state index in [0.29, 0.717) is 12.6 Å². The summed E-state index contributed by atoms with van der Waals surface area (Å²) in [7, 11) is 0. The molecule has 0 unspecified atom stereocenters. The van der Waals surface area contributed by atoms with Gasteiger partial charge in [0.1, 0.15) is 17.7 Å².